The SMILES string of the molecule is CCCCCCCC12CCC(c3ccc(OC(=O)CCCCC)cc3)(CC1)CC2. The summed E-state index contributed by atoms with van der Waals surface area (Å²) in [5.41, 5.74) is 2.51. The van der Waals surface area contributed by atoms with Crippen molar-refractivity contribution >= 4 is 5.97 Å². The van der Waals surface area contributed by atoms with Crippen LogP contribution in [0.4, 0.5) is 0 Å². The van der Waals surface area contributed by atoms with Crippen LogP contribution in [-0.2, 0) is 10.2 Å². The second-order valence-electron chi connectivity index (χ2n) is 9.90. The number of unbranched alkanes of at least 4 members (excludes halogenated alkanes) is 6. The van der Waals surface area contributed by atoms with Crippen LogP contribution in [0.15, 0.2) is 24.3 Å². The average Bonchev–Trinajstić information content (AvgIpc) is 2.75. The van der Waals surface area contributed by atoms with E-state index in [4.69, 9.17) is 4.74 Å². The van der Waals surface area contributed by atoms with Crippen molar-refractivity contribution in [2.45, 2.75) is 122 Å². The monoisotopic (exact) mass is 398 g/mol. The molecule has 2 bridgehead atoms. The number of rotatable bonds is 12. The van der Waals surface area contributed by atoms with E-state index in [0.717, 1.165) is 19.3 Å². The fraction of sp³-hybridized carbons (Fsp3) is 0.741. The predicted molar refractivity (Wildman–Crippen MR) is 121 cm³/mol. The first-order valence-electron chi connectivity index (χ1n) is 12.4. The smallest absolute Gasteiger partial charge is 0.311 e. The average molecular weight is 399 g/mol. The van der Waals surface area contributed by atoms with Crippen molar-refractivity contribution in [2.24, 2.45) is 5.41 Å². The molecule has 3 saturated carbocycles. The van der Waals surface area contributed by atoms with Gasteiger partial charge >= 0.3 is 5.97 Å². The third kappa shape index (κ3) is 5.86. The number of carbonyl (C=O) groups is 1. The summed E-state index contributed by atoms with van der Waals surface area (Å²) >= 11 is 0. The predicted octanol–water partition coefficient (Wildman–Crippen LogP) is 8.12. The molecule has 3 aliphatic rings. The summed E-state index contributed by atoms with van der Waals surface area (Å²) in [6.07, 6.45) is 20.4. The van der Waals surface area contributed by atoms with Crippen LogP contribution in [0.3, 0.4) is 0 Å². The van der Waals surface area contributed by atoms with Gasteiger partial charge in [-0.3, -0.25) is 4.79 Å². The minimum absolute atomic E-state index is 0.0941. The van der Waals surface area contributed by atoms with Crippen molar-refractivity contribution in [1.82, 2.24) is 0 Å². The van der Waals surface area contributed by atoms with Crippen LogP contribution in [0.5, 0.6) is 5.75 Å². The largest absolute Gasteiger partial charge is 0.427 e. The van der Waals surface area contributed by atoms with Crippen molar-refractivity contribution in [2.75, 3.05) is 0 Å². The van der Waals surface area contributed by atoms with E-state index >= 15 is 0 Å². The Morgan fingerprint density at radius 1 is 0.793 bits per heavy atom. The van der Waals surface area contributed by atoms with Gasteiger partial charge in [-0.1, -0.05) is 70.9 Å². The van der Waals surface area contributed by atoms with Gasteiger partial charge in [-0.25, -0.2) is 0 Å². The highest BCUT2D eigenvalue weighted by Crippen LogP contribution is 2.59. The van der Waals surface area contributed by atoms with Crippen molar-refractivity contribution in [3.05, 3.63) is 29.8 Å². The molecule has 2 heteroatoms. The zero-order chi connectivity index (χ0) is 20.6. The molecule has 2 nitrogen and oxygen atoms in total. The lowest BCUT2D eigenvalue weighted by Crippen LogP contribution is -2.44. The first kappa shape index (κ1) is 22.4. The summed E-state index contributed by atoms with van der Waals surface area (Å²) in [4.78, 5) is 12.0. The van der Waals surface area contributed by atoms with Gasteiger partial charge in [0.1, 0.15) is 5.75 Å². The Morgan fingerprint density at radius 3 is 2.00 bits per heavy atom. The number of carbonyl (C=O) groups excluding carboxylic acids is 1. The van der Waals surface area contributed by atoms with Crippen LogP contribution < -0.4 is 4.74 Å². The van der Waals surface area contributed by atoms with E-state index < -0.39 is 0 Å². The van der Waals surface area contributed by atoms with Crippen LogP contribution in [-0.4, -0.2) is 5.97 Å². The zero-order valence-electron chi connectivity index (χ0n) is 18.9. The molecule has 1 aromatic rings. The Balaban J connectivity index is 1.49. The summed E-state index contributed by atoms with van der Waals surface area (Å²) < 4.78 is 5.53. The van der Waals surface area contributed by atoms with Gasteiger partial charge in [0.25, 0.3) is 0 Å². The fourth-order valence-corrected chi connectivity index (χ4v) is 5.75. The van der Waals surface area contributed by atoms with Crippen LogP contribution in [0.1, 0.15) is 122 Å². The molecule has 0 spiro atoms. The van der Waals surface area contributed by atoms with Crippen molar-refractivity contribution in [3.8, 4) is 5.75 Å². The first-order chi connectivity index (χ1) is 14.1. The van der Waals surface area contributed by atoms with Gasteiger partial charge in [0.2, 0.25) is 0 Å². The van der Waals surface area contributed by atoms with Gasteiger partial charge in [-0.05, 0) is 79.9 Å². The lowest BCUT2D eigenvalue weighted by molar-refractivity contribution is -0.134. The molecule has 1 aromatic carbocycles. The van der Waals surface area contributed by atoms with Gasteiger partial charge in [0, 0.05) is 6.42 Å². The van der Waals surface area contributed by atoms with Gasteiger partial charge in [-0.2, -0.15) is 0 Å². The molecule has 0 aromatic heterocycles. The number of esters is 1. The Morgan fingerprint density at radius 2 is 1.38 bits per heavy atom. The fourth-order valence-electron chi connectivity index (χ4n) is 5.75. The maximum atomic E-state index is 12.0. The Kier molecular flexibility index (Phi) is 8.21. The second-order valence-corrected chi connectivity index (χ2v) is 9.90. The molecule has 162 valence electrons. The molecular weight excluding hydrogens is 356 g/mol. The molecule has 3 fully saturated rings. The highest BCUT2D eigenvalue weighted by atomic mass is 16.5. The summed E-state index contributed by atoms with van der Waals surface area (Å²) in [5.74, 6) is 0.614. The van der Waals surface area contributed by atoms with E-state index in [2.05, 4.69) is 26.0 Å². The van der Waals surface area contributed by atoms with E-state index in [1.807, 2.05) is 12.1 Å². The Bertz CT molecular complexity index is 606. The van der Waals surface area contributed by atoms with Gasteiger partial charge < -0.3 is 4.74 Å². The molecule has 0 atom stereocenters. The topological polar surface area (TPSA) is 26.3 Å². The summed E-state index contributed by atoms with van der Waals surface area (Å²) in [5, 5.41) is 0. The summed E-state index contributed by atoms with van der Waals surface area (Å²) in [6.45, 7) is 4.45. The lowest BCUT2D eigenvalue weighted by atomic mass is 9.51. The molecule has 0 radical (unpaired) electrons. The first-order valence-corrected chi connectivity index (χ1v) is 12.4. The normalized spacial score (nSPS) is 25.9. The van der Waals surface area contributed by atoms with Crippen LogP contribution in [0.2, 0.25) is 0 Å². The number of ether oxygens (including phenoxy) is 1. The Labute approximate surface area is 178 Å². The van der Waals surface area contributed by atoms with Gasteiger partial charge in [-0.15, -0.1) is 0 Å². The Hall–Kier alpha value is -1.31. The lowest BCUT2D eigenvalue weighted by Gasteiger charge is -2.54. The standard InChI is InChI=1S/C27H42O2/c1-3-5-7-8-10-16-26-17-20-27(21-18-26,22-19-26)23-12-14-24(15-13-23)29-25(28)11-9-6-4-2/h12-15H,3-11,16-22H2,1-2H3. The molecule has 0 N–H and O–H groups in total. The quantitative estimate of drug-likeness (QED) is 0.202. The van der Waals surface area contributed by atoms with Gasteiger partial charge in [0.05, 0.1) is 0 Å². The summed E-state index contributed by atoms with van der Waals surface area (Å²) in [7, 11) is 0. The van der Waals surface area contributed by atoms with E-state index in [0.29, 0.717) is 23.0 Å². The highest BCUT2D eigenvalue weighted by molar-refractivity contribution is 5.72. The third-order valence-electron chi connectivity index (χ3n) is 7.90. The maximum absolute atomic E-state index is 12.0. The third-order valence-corrected chi connectivity index (χ3v) is 7.90. The molecule has 0 unspecified atom stereocenters. The number of hydrogen-bond acceptors (Lipinski definition) is 2. The number of hydrogen-bond donors (Lipinski definition) is 0. The second kappa shape index (κ2) is 10.6. The summed E-state index contributed by atoms with van der Waals surface area (Å²) in [6, 6.07) is 8.51. The maximum Gasteiger partial charge on any atom is 0.311 e. The van der Waals surface area contributed by atoms with Crippen molar-refractivity contribution < 1.29 is 9.53 Å². The minimum Gasteiger partial charge on any atom is -0.427 e. The van der Waals surface area contributed by atoms with E-state index in [9.17, 15) is 4.79 Å². The molecule has 3 aliphatic carbocycles. The van der Waals surface area contributed by atoms with Crippen LogP contribution in [0.25, 0.3) is 0 Å². The number of fused-ring (bicyclic) bond motifs is 3. The van der Waals surface area contributed by atoms with E-state index in [1.165, 1.54) is 82.6 Å². The molecule has 0 heterocycles. The van der Waals surface area contributed by atoms with E-state index in [1.54, 1.807) is 0 Å². The molecule has 4 rings (SSSR count). The van der Waals surface area contributed by atoms with Crippen molar-refractivity contribution in [1.29, 1.82) is 0 Å². The highest BCUT2D eigenvalue weighted by Gasteiger charge is 2.48. The molecule has 0 aliphatic heterocycles. The minimum atomic E-state index is -0.0941. The molecule has 0 amide bonds. The van der Waals surface area contributed by atoms with Gasteiger partial charge in [0.15, 0.2) is 0 Å². The molecular formula is C27H42O2. The van der Waals surface area contributed by atoms with Crippen molar-refractivity contribution in [3.63, 3.8) is 0 Å². The molecule has 29 heavy (non-hydrogen) atoms. The number of benzene rings is 1. The van der Waals surface area contributed by atoms with Crippen LogP contribution >= 0.6 is 0 Å². The van der Waals surface area contributed by atoms with E-state index in [-0.39, 0.29) is 5.97 Å². The van der Waals surface area contributed by atoms with Crippen LogP contribution in [0, 0.1) is 5.41 Å². The molecule has 0 saturated heterocycles. The zero-order valence-corrected chi connectivity index (χ0v) is 18.9.